The highest BCUT2D eigenvalue weighted by Crippen LogP contribution is 2.33. The molecular weight excluding hydrogens is 432 g/mol. The van der Waals surface area contributed by atoms with E-state index in [1.807, 2.05) is 18.7 Å². The molecule has 3 atom stereocenters. The van der Waals surface area contributed by atoms with Gasteiger partial charge in [-0.25, -0.2) is 0 Å². The maximum atomic E-state index is 13.5. The van der Waals surface area contributed by atoms with Crippen LogP contribution < -0.4 is 5.32 Å². The van der Waals surface area contributed by atoms with Gasteiger partial charge >= 0.3 is 0 Å². The second-order valence-electron chi connectivity index (χ2n) is 8.28. The van der Waals surface area contributed by atoms with Crippen LogP contribution in [0.5, 0.6) is 0 Å². The molecular formula is C23H32N2O4S2. The Labute approximate surface area is 193 Å². The normalized spacial score (nSPS) is 26.0. The number of benzene rings is 1. The van der Waals surface area contributed by atoms with Crippen LogP contribution in [0.3, 0.4) is 0 Å². The third-order valence-electron chi connectivity index (χ3n) is 6.26. The molecule has 6 nitrogen and oxygen atoms in total. The smallest absolute Gasteiger partial charge is 0.242 e. The van der Waals surface area contributed by atoms with Gasteiger partial charge in [-0.1, -0.05) is 24.3 Å². The molecule has 31 heavy (non-hydrogen) atoms. The molecule has 0 spiro atoms. The van der Waals surface area contributed by atoms with Gasteiger partial charge in [0.25, 0.3) is 0 Å². The summed E-state index contributed by atoms with van der Waals surface area (Å²) in [6.07, 6.45) is 2.03. The van der Waals surface area contributed by atoms with Gasteiger partial charge in [0, 0.05) is 31.3 Å². The van der Waals surface area contributed by atoms with Crippen LogP contribution >= 0.6 is 23.5 Å². The number of rotatable bonds is 9. The third-order valence-corrected chi connectivity index (χ3v) is 8.52. The number of hydrogen-bond donors (Lipinski definition) is 1. The summed E-state index contributed by atoms with van der Waals surface area (Å²) in [6, 6.07) is 7.87. The monoisotopic (exact) mass is 464 g/mol. The number of carbonyl (C=O) groups is 2. The van der Waals surface area contributed by atoms with Crippen LogP contribution in [0, 0.1) is 5.92 Å². The maximum Gasteiger partial charge on any atom is 0.242 e. The highest BCUT2D eigenvalue weighted by atomic mass is 32.2. The number of amides is 1. The van der Waals surface area contributed by atoms with E-state index in [2.05, 4.69) is 29.6 Å². The lowest BCUT2D eigenvalue weighted by Gasteiger charge is -2.32. The standard InChI is InChI=1S/C23H32N2O4S2/c1-3-28-23(29-4-2)18-12-30-14-25(18)22(27)20-21(31-13-24-20)19(26)11-15-9-16-7-5-6-8-17(16)10-15/h5-8,15,18,20-21,23-24H,3-4,9-14H2,1-2H3/t18-,20-,21?/m0/s1. The quantitative estimate of drug-likeness (QED) is 0.564. The van der Waals surface area contributed by atoms with Crippen molar-refractivity contribution in [1.29, 1.82) is 0 Å². The van der Waals surface area contributed by atoms with Gasteiger partial charge < -0.3 is 14.4 Å². The molecule has 1 aromatic carbocycles. The Morgan fingerprint density at radius 2 is 1.84 bits per heavy atom. The lowest BCUT2D eigenvalue weighted by Crippen LogP contribution is -2.55. The van der Waals surface area contributed by atoms with Crippen molar-refractivity contribution >= 4 is 35.2 Å². The fraction of sp³-hybridized carbons (Fsp3) is 0.652. The van der Waals surface area contributed by atoms with E-state index >= 15 is 0 Å². The van der Waals surface area contributed by atoms with Crippen LogP contribution in [0.1, 0.15) is 31.4 Å². The summed E-state index contributed by atoms with van der Waals surface area (Å²) in [5.74, 6) is 2.57. The van der Waals surface area contributed by atoms with Crippen molar-refractivity contribution in [3.63, 3.8) is 0 Å². The summed E-state index contributed by atoms with van der Waals surface area (Å²) in [5, 5.41) is 2.97. The minimum absolute atomic E-state index is 0.00235. The van der Waals surface area contributed by atoms with Gasteiger partial charge in [-0.05, 0) is 43.7 Å². The van der Waals surface area contributed by atoms with Crippen molar-refractivity contribution < 1.29 is 19.1 Å². The highest BCUT2D eigenvalue weighted by molar-refractivity contribution is 8.01. The number of fused-ring (bicyclic) bond motifs is 1. The number of carbonyl (C=O) groups excluding carboxylic acids is 2. The molecule has 0 aromatic heterocycles. The molecule has 0 radical (unpaired) electrons. The van der Waals surface area contributed by atoms with Crippen molar-refractivity contribution in [2.45, 2.75) is 56.7 Å². The number of hydrogen-bond acceptors (Lipinski definition) is 7. The van der Waals surface area contributed by atoms with Crippen LogP contribution in [0.2, 0.25) is 0 Å². The van der Waals surface area contributed by atoms with Gasteiger partial charge in [-0.2, -0.15) is 0 Å². The predicted octanol–water partition coefficient (Wildman–Crippen LogP) is 2.69. The van der Waals surface area contributed by atoms with Gasteiger partial charge in [0.15, 0.2) is 6.29 Å². The van der Waals surface area contributed by atoms with E-state index in [0.29, 0.717) is 37.3 Å². The Bertz CT molecular complexity index is 762. The second-order valence-corrected chi connectivity index (χ2v) is 10.4. The molecule has 2 heterocycles. The van der Waals surface area contributed by atoms with Gasteiger partial charge in [0.05, 0.1) is 17.2 Å². The van der Waals surface area contributed by atoms with Crippen molar-refractivity contribution in [2.75, 3.05) is 30.7 Å². The van der Waals surface area contributed by atoms with Gasteiger partial charge in [-0.15, -0.1) is 23.5 Å². The van der Waals surface area contributed by atoms with Crippen molar-refractivity contribution in [3.05, 3.63) is 35.4 Å². The fourth-order valence-corrected chi connectivity index (χ4v) is 7.15. The Kier molecular flexibility index (Phi) is 7.98. The van der Waals surface area contributed by atoms with E-state index in [4.69, 9.17) is 9.47 Å². The molecule has 2 fully saturated rings. The molecule has 0 bridgehead atoms. The predicted molar refractivity (Wildman–Crippen MR) is 125 cm³/mol. The maximum absolute atomic E-state index is 13.5. The lowest BCUT2D eigenvalue weighted by molar-refractivity contribution is -0.173. The topological polar surface area (TPSA) is 67.9 Å². The summed E-state index contributed by atoms with van der Waals surface area (Å²) in [6.45, 7) is 4.95. The minimum Gasteiger partial charge on any atom is -0.351 e. The zero-order chi connectivity index (χ0) is 21.8. The summed E-state index contributed by atoms with van der Waals surface area (Å²) >= 11 is 3.28. The average molecular weight is 465 g/mol. The number of nitrogens with zero attached hydrogens (tertiary/aromatic N) is 1. The molecule has 1 N–H and O–H groups in total. The van der Waals surface area contributed by atoms with Crippen LogP contribution in [-0.2, 0) is 31.9 Å². The summed E-state index contributed by atoms with van der Waals surface area (Å²) < 4.78 is 11.6. The number of nitrogens with one attached hydrogen (secondary N) is 1. The first-order valence-corrected chi connectivity index (χ1v) is 13.4. The molecule has 1 aromatic rings. The van der Waals surface area contributed by atoms with Crippen LogP contribution in [0.25, 0.3) is 0 Å². The molecule has 1 unspecified atom stereocenters. The number of ketones is 1. The molecule has 2 saturated heterocycles. The third kappa shape index (κ3) is 5.14. The van der Waals surface area contributed by atoms with Crippen LogP contribution in [-0.4, -0.2) is 70.9 Å². The first kappa shape index (κ1) is 23.1. The molecule has 8 heteroatoms. The van der Waals surface area contributed by atoms with E-state index in [1.54, 1.807) is 23.5 Å². The minimum atomic E-state index is -0.466. The highest BCUT2D eigenvalue weighted by Gasteiger charge is 2.45. The fourth-order valence-electron chi connectivity index (χ4n) is 4.81. The molecule has 1 aliphatic carbocycles. The summed E-state index contributed by atoms with van der Waals surface area (Å²) in [5.41, 5.74) is 2.72. The molecule has 1 amide bonds. The Morgan fingerprint density at radius 1 is 1.16 bits per heavy atom. The SMILES string of the molecule is CCOC(OCC)[C@@H]1CSCN1C(=O)[C@H]1NCSC1C(=O)CC1Cc2ccccc2C1. The van der Waals surface area contributed by atoms with Gasteiger partial charge in [-0.3, -0.25) is 14.9 Å². The molecule has 170 valence electrons. The Balaban J connectivity index is 1.39. The number of thioether (sulfide) groups is 2. The number of Topliss-reactive ketones (excluding diaryl/α,β-unsaturated/α-hetero) is 1. The lowest BCUT2D eigenvalue weighted by atomic mass is 9.95. The van der Waals surface area contributed by atoms with Gasteiger partial charge in [0.1, 0.15) is 11.8 Å². The first-order chi connectivity index (χ1) is 15.1. The largest absolute Gasteiger partial charge is 0.351 e. The van der Waals surface area contributed by atoms with Crippen LogP contribution in [0.4, 0.5) is 0 Å². The van der Waals surface area contributed by atoms with Crippen molar-refractivity contribution in [3.8, 4) is 0 Å². The Morgan fingerprint density at radius 3 is 2.48 bits per heavy atom. The van der Waals surface area contributed by atoms with E-state index < -0.39 is 12.3 Å². The zero-order valence-corrected chi connectivity index (χ0v) is 19.9. The van der Waals surface area contributed by atoms with E-state index in [-0.39, 0.29) is 23.0 Å². The van der Waals surface area contributed by atoms with Crippen molar-refractivity contribution in [1.82, 2.24) is 10.2 Å². The summed E-state index contributed by atoms with van der Waals surface area (Å²) in [4.78, 5) is 28.5. The molecule has 3 aliphatic rings. The first-order valence-electron chi connectivity index (χ1n) is 11.2. The molecule has 4 rings (SSSR count). The average Bonchev–Trinajstić information content (AvgIpc) is 3.51. The van der Waals surface area contributed by atoms with Gasteiger partial charge in [0.2, 0.25) is 5.91 Å². The number of ether oxygens (including phenoxy) is 2. The molecule has 0 saturated carbocycles. The van der Waals surface area contributed by atoms with E-state index in [9.17, 15) is 9.59 Å². The second kappa shape index (κ2) is 10.7. The Hall–Kier alpha value is -1.06. The van der Waals surface area contributed by atoms with E-state index in [1.165, 1.54) is 11.1 Å². The zero-order valence-electron chi connectivity index (χ0n) is 18.2. The summed E-state index contributed by atoms with van der Waals surface area (Å²) in [7, 11) is 0. The molecule has 2 aliphatic heterocycles. The van der Waals surface area contributed by atoms with Crippen LogP contribution in [0.15, 0.2) is 24.3 Å². The van der Waals surface area contributed by atoms with Crippen molar-refractivity contribution in [2.24, 2.45) is 5.92 Å². The van der Waals surface area contributed by atoms with E-state index in [0.717, 1.165) is 18.6 Å².